The molecule has 5 nitrogen and oxygen atoms in total. The number of hydrogen-bond acceptors (Lipinski definition) is 4. The zero-order valence-electron chi connectivity index (χ0n) is 17.5. The fourth-order valence-electron chi connectivity index (χ4n) is 3.56. The van der Waals surface area contributed by atoms with Crippen LogP contribution in [0.2, 0.25) is 5.02 Å². The van der Waals surface area contributed by atoms with Gasteiger partial charge in [-0.1, -0.05) is 59.8 Å². The third kappa shape index (κ3) is 4.77. The summed E-state index contributed by atoms with van der Waals surface area (Å²) in [6.45, 7) is 0. The first kappa shape index (κ1) is 21.2. The van der Waals surface area contributed by atoms with E-state index < -0.39 is 0 Å². The van der Waals surface area contributed by atoms with Crippen molar-refractivity contribution in [2.45, 2.75) is 10.9 Å². The topological polar surface area (TPSA) is 70.7 Å². The zero-order chi connectivity index (χ0) is 22.6. The number of hydrogen-bond donors (Lipinski definition) is 2. The van der Waals surface area contributed by atoms with Crippen molar-refractivity contribution < 1.29 is 4.79 Å². The number of anilines is 1. The van der Waals surface area contributed by atoms with E-state index in [9.17, 15) is 4.79 Å². The average Bonchev–Trinajstić information content (AvgIpc) is 3.38. The molecule has 0 aliphatic rings. The van der Waals surface area contributed by atoms with Gasteiger partial charge in [0.2, 0.25) is 0 Å². The number of halogens is 1. The first-order valence-corrected chi connectivity index (χ1v) is 11.7. The summed E-state index contributed by atoms with van der Waals surface area (Å²) in [6.07, 6.45) is 5.30. The minimum absolute atomic E-state index is 0.181. The standard InChI is InChI=1S/C26H19ClN4OS/c27-23-10-9-20(15-22(23)24-21-4-2-1-3-18(21)11-12-28-24)31-25(32)19-7-5-17(6-8-19)16-33-26-29-13-14-30-26/h1-15H,16H2,(H,29,30)(H,31,32). The lowest BCUT2D eigenvalue weighted by Gasteiger charge is -2.11. The van der Waals surface area contributed by atoms with Crippen molar-refractivity contribution in [2.75, 3.05) is 5.32 Å². The van der Waals surface area contributed by atoms with E-state index in [1.165, 1.54) is 0 Å². The molecule has 5 rings (SSSR count). The van der Waals surface area contributed by atoms with E-state index in [2.05, 4.69) is 20.3 Å². The second-order valence-electron chi connectivity index (χ2n) is 7.41. The number of nitrogens with zero attached hydrogens (tertiary/aromatic N) is 2. The molecule has 2 N–H and O–H groups in total. The van der Waals surface area contributed by atoms with Crippen LogP contribution in [0.4, 0.5) is 5.69 Å². The minimum atomic E-state index is -0.181. The maximum Gasteiger partial charge on any atom is 0.255 e. The van der Waals surface area contributed by atoms with Crippen molar-refractivity contribution in [2.24, 2.45) is 0 Å². The monoisotopic (exact) mass is 470 g/mol. The molecule has 0 bridgehead atoms. The summed E-state index contributed by atoms with van der Waals surface area (Å²) in [5.74, 6) is 0.591. The first-order valence-electron chi connectivity index (χ1n) is 10.3. The molecule has 162 valence electrons. The van der Waals surface area contributed by atoms with E-state index in [1.807, 2.05) is 60.7 Å². The van der Waals surface area contributed by atoms with E-state index in [1.54, 1.807) is 42.5 Å². The number of benzene rings is 3. The minimum Gasteiger partial charge on any atom is -0.340 e. The number of imidazole rings is 1. The van der Waals surface area contributed by atoms with E-state index in [0.717, 1.165) is 38.5 Å². The number of nitrogens with one attached hydrogen (secondary N) is 2. The van der Waals surface area contributed by atoms with E-state index in [4.69, 9.17) is 11.6 Å². The molecular formula is C26H19ClN4OS. The van der Waals surface area contributed by atoms with Gasteiger partial charge >= 0.3 is 0 Å². The highest BCUT2D eigenvalue weighted by Gasteiger charge is 2.12. The van der Waals surface area contributed by atoms with Crippen LogP contribution in [-0.4, -0.2) is 20.9 Å². The van der Waals surface area contributed by atoms with Crippen molar-refractivity contribution in [3.63, 3.8) is 0 Å². The summed E-state index contributed by atoms with van der Waals surface area (Å²) in [5, 5.41) is 6.51. The van der Waals surface area contributed by atoms with Crippen LogP contribution in [0.5, 0.6) is 0 Å². The van der Waals surface area contributed by atoms with Gasteiger partial charge in [0.15, 0.2) is 5.16 Å². The lowest BCUT2D eigenvalue weighted by Crippen LogP contribution is -2.12. The average molecular weight is 471 g/mol. The number of carbonyl (C=O) groups is 1. The lowest BCUT2D eigenvalue weighted by molar-refractivity contribution is 0.102. The zero-order valence-corrected chi connectivity index (χ0v) is 19.0. The van der Waals surface area contributed by atoms with Crippen molar-refractivity contribution in [1.29, 1.82) is 0 Å². The van der Waals surface area contributed by atoms with Gasteiger partial charge in [-0.2, -0.15) is 0 Å². The normalized spacial score (nSPS) is 10.9. The smallest absolute Gasteiger partial charge is 0.255 e. The third-order valence-electron chi connectivity index (χ3n) is 5.22. The Balaban J connectivity index is 1.34. The first-order chi connectivity index (χ1) is 16.2. The summed E-state index contributed by atoms with van der Waals surface area (Å²) < 4.78 is 0. The molecule has 2 aromatic heterocycles. The van der Waals surface area contributed by atoms with Gasteiger partial charge in [0.25, 0.3) is 5.91 Å². The maximum absolute atomic E-state index is 12.8. The molecule has 5 aromatic rings. The molecule has 0 atom stereocenters. The molecule has 0 fully saturated rings. The van der Waals surface area contributed by atoms with Crippen LogP contribution >= 0.6 is 23.4 Å². The highest BCUT2D eigenvalue weighted by atomic mass is 35.5. The van der Waals surface area contributed by atoms with Crippen LogP contribution in [-0.2, 0) is 5.75 Å². The molecule has 0 spiro atoms. The van der Waals surface area contributed by atoms with Crippen molar-refractivity contribution in [1.82, 2.24) is 15.0 Å². The predicted molar refractivity (Wildman–Crippen MR) is 135 cm³/mol. The summed E-state index contributed by atoms with van der Waals surface area (Å²) >= 11 is 8.12. The van der Waals surface area contributed by atoms with Crippen LogP contribution in [0.3, 0.4) is 0 Å². The SMILES string of the molecule is O=C(Nc1ccc(Cl)c(-c2nccc3ccccc23)c1)c1ccc(CSc2ncc[nH]2)cc1. The summed E-state index contributed by atoms with van der Waals surface area (Å²) in [6, 6.07) is 23.0. The van der Waals surface area contributed by atoms with Gasteiger partial charge < -0.3 is 10.3 Å². The molecule has 0 unspecified atom stereocenters. The number of fused-ring (bicyclic) bond motifs is 1. The Morgan fingerprint density at radius 3 is 2.64 bits per heavy atom. The van der Waals surface area contributed by atoms with Gasteiger partial charge in [-0.3, -0.25) is 9.78 Å². The number of pyridine rings is 1. The molecule has 3 aromatic carbocycles. The van der Waals surface area contributed by atoms with Gasteiger partial charge in [0.1, 0.15) is 0 Å². The van der Waals surface area contributed by atoms with E-state index >= 15 is 0 Å². The number of amides is 1. The quantitative estimate of drug-likeness (QED) is 0.267. The molecule has 0 saturated heterocycles. The van der Waals surface area contributed by atoms with E-state index in [0.29, 0.717) is 16.3 Å². The van der Waals surface area contributed by atoms with Crippen LogP contribution < -0.4 is 5.32 Å². The van der Waals surface area contributed by atoms with Crippen LogP contribution in [0.1, 0.15) is 15.9 Å². The molecular weight excluding hydrogens is 452 g/mol. The highest BCUT2D eigenvalue weighted by Crippen LogP contribution is 2.34. The molecule has 7 heteroatoms. The molecule has 1 amide bonds. The number of H-pyrrole nitrogens is 1. The largest absolute Gasteiger partial charge is 0.340 e. The number of aromatic amines is 1. The van der Waals surface area contributed by atoms with Crippen LogP contribution in [0.25, 0.3) is 22.0 Å². The Kier molecular flexibility index (Phi) is 6.11. The number of rotatable bonds is 6. The second-order valence-corrected chi connectivity index (χ2v) is 8.78. The number of carbonyl (C=O) groups excluding carboxylic acids is 1. The predicted octanol–water partition coefficient (Wildman–Crippen LogP) is 6.82. The van der Waals surface area contributed by atoms with Gasteiger partial charge in [-0.05, 0) is 47.3 Å². The van der Waals surface area contributed by atoms with Crippen molar-refractivity contribution in [3.8, 4) is 11.3 Å². The highest BCUT2D eigenvalue weighted by molar-refractivity contribution is 7.98. The van der Waals surface area contributed by atoms with Gasteiger partial charge in [-0.15, -0.1) is 0 Å². The maximum atomic E-state index is 12.8. The molecule has 0 radical (unpaired) electrons. The van der Waals surface area contributed by atoms with Gasteiger partial charge in [0, 0.05) is 46.5 Å². The Morgan fingerprint density at radius 2 is 1.82 bits per heavy atom. The number of thioether (sulfide) groups is 1. The Morgan fingerprint density at radius 1 is 0.970 bits per heavy atom. The van der Waals surface area contributed by atoms with Crippen LogP contribution in [0.15, 0.2) is 96.5 Å². The lowest BCUT2D eigenvalue weighted by atomic mass is 10.0. The van der Waals surface area contributed by atoms with E-state index in [-0.39, 0.29) is 5.91 Å². The Labute approximate surface area is 200 Å². The molecule has 0 aliphatic heterocycles. The molecule has 33 heavy (non-hydrogen) atoms. The molecule has 2 heterocycles. The number of aromatic nitrogens is 3. The Hall–Kier alpha value is -3.61. The van der Waals surface area contributed by atoms with Crippen LogP contribution in [0, 0.1) is 0 Å². The summed E-state index contributed by atoms with van der Waals surface area (Å²) in [7, 11) is 0. The third-order valence-corrected chi connectivity index (χ3v) is 6.52. The summed E-state index contributed by atoms with van der Waals surface area (Å²) in [4.78, 5) is 24.7. The molecule has 0 aliphatic carbocycles. The van der Waals surface area contributed by atoms with Gasteiger partial charge in [-0.25, -0.2) is 4.98 Å². The van der Waals surface area contributed by atoms with Crippen molar-refractivity contribution >= 4 is 45.7 Å². The second kappa shape index (κ2) is 9.48. The Bertz CT molecular complexity index is 1410. The van der Waals surface area contributed by atoms with Crippen molar-refractivity contribution in [3.05, 3.63) is 108 Å². The van der Waals surface area contributed by atoms with Gasteiger partial charge in [0.05, 0.1) is 10.7 Å². The summed E-state index contributed by atoms with van der Waals surface area (Å²) in [5.41, 5.74) is 3.92. The molecule has 0 saturated carbocycles. The fourth-order valence-corrected chi connectivity index (χ4v) is 4.55. The fraction of sp³-hybridized carbons (Fsp3) is 0.0385.